The SMILES string of the molecule is Cc1[nH]c2ccc(CNC(=O)[C@H]3CCCN(c4ccccn4)C3)cc2c1C. The van der Waals surface area contributed by atoms with Crippen LogP contribution in [0.4, 0.5) is 5.82 Å². The van der Waals surface area contributed by atoms with Gasteiger partial charge in [-0.05, 0) is 62.1 Å². The average molecular weight is 362 g/mol. The molecule has 1 amide bonds. The van der Waals surface area contributed by atoms with Crippen molar-refractivity contribution < 1.29 is 4.79 Å². The first-order valence-corrected chi connectivity index (χ1v) is 9.63. The van der Waals surface area contributed by atoms with Gasteiger partial charge in [-0.1, -0.05) is 12.1 Å². The summed E-state index contributed by atoms with van der Waals surface area (Å²) in [5.74, 6) is 1.11. The van der Waals surface area contributed by atoms with Crippen molar-refractivity contribution >= 4 is 22.6 Å². The lowest BCUT2D eigenvalue weighted by molar-refractivity contribution is -0.125. The number of amides is 1. The maximum Gasteiger partial charge on any atom is 0.225 e. The smallest absolute Gasteiger partial charge is 0.225 e. The second kappa shape index (κ2) is 7.43. The van der Waals surface area contributed by atoms with E-state index in [1.165, 1.54) is 16.6 Å². The molecule has 2 N–H and O–H groups in total. The van der Waals surface area contributed by atoms with Crippen LogP contribution in [-0.2, 0) is 11.3 Å². The van der Waals surface area contributed by atoms with Gasteiger partial charge in [-0.2, -0.15) is 0 Å². The molecular weight excluding hydrogens is 336 g/mol. The van der Waals surface area contributed by atoms with Crippen LogP contribution >= 0.6 is 0 Å². The van der Waals surface area contributed by atoms with E-state index >= 15 is 0 Å². The minimum Gasteiger partial charge on any atom is -0.358 e. The Labute approximate surface area is 159 Å². The van der Waals surface area contributed by atoms with Crippen molar-refractivity contribution in [2.45, 2.75) is 33.2 Å². The molecule has 27 heavy (non-hydrogen) atoms. The Hall–Kier alpha value is -2.82. The van der Waals surface area contributed by atoms with Crippen LogP contribution in [0.5, 0.6) is 0 Å². The predicted octanol–water partition coefficient (Wildman–Crippen LogP) is 3.71. The van der Waals surface area contributed by atoms with E-state index in [1.807, 2.05) is 18.2 Å². The number of benzene rings is 1. The summed E-state index contributed by atoms with van der Waals surface area (Å²) < 4.78 is 0. The minimum atomic E-state index is 0.0146. The van der Waals surface area contributed by atoms with Gasteiger partial charge in [0.15, 0.2) is 0 Å². The summed E-state index contributed by atoms with van der Waals surface area (Å²) in [6.45, 7) is 6.48. The highest BCUT2D eigenvalue weighted by molar-refractivity contribution is 5.85. The van der Waals surface area contributed by atoms with E-state index in [9.17, 15) is 4.79 Å². The highest BCUT2D eigenvalue weighted by atomic mass is 16.1. The van der Waals surface area contributed by atoms with Crippen molar-refractivity contribution in [3.63, 3.8) is 0 Å². The summed E-state index contributed by atoms with van der Waals surface area (Å²) in [4.78, 5) is 22.7. The summed E-state index contributed by atoms with van der Waals surface area (Å²) in [5.41, 5.74) is 4.76. The van der Waals surface area contributed by atoms with E-state index in [-0.39, 0.29) is 11.8 Å². The number of carbonyl (C=O) groups is 1. The predicted molar refractivity (Wildman–Crippen MR) is 109 cm³/mol. The number of fused-ring (bicyclic) bond motifs is 1. The molecule has 1 aliphatic heterocycles. The summed E-state index contributed by atoms with van der Waals surface area (Å²) in [7, 11) is 0. The van der Waals surface area contributed by atoms with Gasteiger partial charge >= 0.3 is 0 Å². The van der Waals surface area contributed by atoms with Gasteiger partial charge in [0, 0.05) is 42.4 Å². The second-order valence-corrected chi connectivity index (χ2v) is 7.45. The molecule has 3 aromatic rings. The molecule has 1 saturated heterocycles. The van der Waals surface area contributed by atoms with Crippen LogP contribution in [0, 0.1) is 19.8 Å². The fraction of sp³-hybridized carbons (Fsp3) is 0.364. The van der Waals surface area contributed by atoms with E-state index in [4.69, 9.17) is 0 Å². The number of aryl methyl sites for hydroxylation is 2. The molecule has 3 heterocycles. The fourth-order valence-electron chi connectivity index (χ4n) is 3.89. The molecule has 0 saturated carbocycles. The Morgan fingerprint density at radius 1 is 1.30 bits per heavy atom. The molecule has 0 spiro atoms. The first kappa shape index (κ1) is 17.6. The van der Waals surface area contributed by atoms with Gasteiger partial charge in [-0.15, -0.1) is 0 Å². The molecule has 1 aromatic carbocycles. The second-order valence-electron chi connectivity index (χ2n) is 7.45. The molecule has 2 aromatic heterocycles. The monoisotopic (exact) mass is 362 g/mol. The standard InChI is InChI=1S/C22H26N4O/c1-15-16(2)25-20-9-8-17(12-19(15)20)13-24-22(27)18-6-5-11-26(14-18)21-7-3-4-10-23-21/h3-4,7-10,12,18,25H,5-6,11,13-14H2,1-2H3,(H,24,27)/t18-/m0/s1. The van der Waals surface area contributed by atoms with Crippen LogP contribution in [-0.4, -0.2) is 29.0 Å². The van der Waals surface area contributed by atoms with Gasteiger partial charge in [0.2, 0.25) is 5.91 Å². The first-order valence-electron chi connectivity index (χ1n) is 9.63. The topological polar surface area (TPSA) is 61.0 Å². The molecule has 0 aliphatic carbocycles. The largest absolute Gasteiger partial charge is 0.358 e. The van der Waals surface area contributed by atoms with Crippen molar-refractivity contribution in [3.8, 4) is 0 Å². The van der Waals surface area contributed by atoms with Gasteiger partial charge in [0.1, 0.15) is 5.82 Å². The van der Waals surface area contributed by atoms with E-state index < -0.39 is 0 Å². The third kappa shape index (κ3) is 3.68. The Balaban J connectivity index is 1.39. The number of nitrogens with zero attached hydrogens (tertiary/aromatic N) is 2. The molecule has 140 valence electrons. The Kier molecular flexibility index (Phi) is 4.84. The quantitative estimate of drug-likeness (QED) is 0.744. The molecule has 1 fully saturated rings. The molecule has 0 radical (unpaired) electrons. The summed E-state index contributed by atoms with van der Waals surface area (Å²) in [5, 5.41) is 4.37. The summed E-state index contributed by atoms with van der Waals surface area (Å²) in [6, 6.07) is 12.3. The summed E-state index contributed by atoms with van der Waals surface area (Å²) in [6.07, 6.45) is 3.76. The molecule has 5 heteroatoms. The molecule has 0 unspecified atom stereocenters. The van der Waals surface area contributed by atoms with Crippen molar-refractivity contribution in [2.24, 2.45) is 5.92 Å². The van der Waals surface area contributed by atoms with Crippen LogP contribution < -0.4 is 10.2 Å². The number of rotatable bonds is 4. The maximum atomic E-state index is 12.7. The van der Waals surface area contributed by atoms with Crippen LogP contribution in [0.3, 0.4) is 0 Å². The fourth-order valence-corrected chi connectivity index (χ4v) is 3.89. The summed E-state index contributed by atoms with van der Waals surface area (Å²) >= 11 is 0. The zero-order valence-electron chi connectivity index (χ0n) is 16.0. The third-order valence-electron chi connectivity index (χ3n) is 5.60. The number of pyridine rings is 1. The van der Waals surface area contributed by atoms with Crippen LogP contribution in [0.25, 0.3) is 10.9 Å². The molecule has 0 bridgehead atoms. The minimum absolute atomic E-state index is 0.0146. The lowest BCUT2D eigenvalue weighted by atomic mass is 9.97. The number of hydrogen-bond acceptors (Lipinski definition) is 3. The zero-order chi connectivity index (χ0) is 18.8. The number of H-pyrrole nitrogens is 1. The third-order valence-corrected chi connectivity index (χ3v) is 5.60. The van der Waals surface area contributed by atoms with Crippen molar-refractivity contribution in [2.75, 3.05) is 18.0 Å². The van der Waals surface area contributed by atoms with E-state index in [1.54, 1.807) is 6.20 Å². The molecule has 4 rings (SSSR count). The zero-order valence-corrected chi connectivity index (χ0v) is 16.0. The average Bonchev–Trinajstić information content (AvgIpc) is 3.00. The number of nitrogens with one attached hydrogen (secondary N) is 2. The highest BCUT2D eigenvalue weighted by Crippen LogP contribution is 2.23. The van der Waals surface area contributed by atoms with Crippen LogP contribution in [0.1, 0.15) is 29.7 Å². The Bertz CT molecular complexity index is 948. The van der Waals surface area contributed by atoms with E-state index in [0.29, 0.717) is 6.54 Å². The van der Waals surface area contributed by atoms with Gasteiger partial charge in [-0.3, -0.25) is 4.79 Å². The van der Waals surface area contributed by atoms with E-state index in [0.717, 1.165) is 42.8 Å². The van der Waals surface area contributed by atoms with Gasteiger partial charge in [0.25, 0.3) is 0 Å². The molecule has 1 aliphatic rings. The Morgan fingerprint density at radius 3 is 3.00 bits per heavy atom. The van der Waals surface area contributed by atoms with Gasteiger partial charge in [-0.25, -0.2) is 4.98 Å². The lowest BCUT2D eigenvalue weighted by Crippen LogP contribution is -2.43. The number of aromatic amines is 1. The highest BCUT2D eigenvalue weighted by Gasteiger charge is 2.26. The molecule has 1 atom stereocenters. The first-order chi connectivity index (χ1) is 13.1. The normalized spacial score (nSPS) is 17.3. The number of hydrogen-bond donors (Lipinski definition) is 2. The molecule has 5 nitrogen and oxygen atoms in total. The number of piperidine rings is 1. The lowest BCUT2D eigenvalue weighted by Gasteiger charge is -2.32. The number of anilines is 1. The van der Waals surface area contributed by atoms with Crippen molar-refractivity contribution in [1.82, 2.24) is 15.3 Å². The molecular formula is C22H26N4O. The number of carbonyl (C=O) groups excluding carboxylic acids is 1. The Morgan fingerprint density at radius 2 is 2.19 bits per heavy atom. The van der Waals surface area contributed by atoms with Crippen molar-refractivity contribution in [1.29, 1.82) is 0 Å². The van der Waals surface area contributed by atoms with E-state index in [2.05, 4.69) is 52.2 Å². The van der Waals surface area contributed by atoms with Crippen LogP contribution in [0.15, 0.2) is 42.6 Å². The maximum absolute atomic E-state index is 12.7. The van der Waals surface area contributed by atoms with Gasteiger partial charge < -0.3 is 15.2 Å². The van der Waals surface area contributed by atoms with Crippen molar-refractivity contribution in [3.05, 3.63) is 59.4 Å². The van der Waals surface area contributed by atoms with Crippen LogP contribution in [0.2, 0.25) is 0 Å². The van der Waals surface area contributed by atoms with Gasteiger partial charge in [0.05, 0.1) is 5.92 Å². The number of aromatic nitrogens is 2.